The van der Waals surface area contributed by atoms with Crippen LogP contribution in [0.1, 0.15) is 15.9 Å². The second kappa shape index (κ2) is 11.2. The van der Waals surface area contributed by atoms with Crippen LogP contribution in [-0.2, 0) is 0 Å². The Morgan fingerprint density at radius 3 is 2.38 bits per heavy atom. The van der Waals surface area contributed by atoms with Crippen LogP contribution in [0.5, 0.6) is 11.5 Å². The van der Waals surface area contributed by atoms with Gasteiger partial charge in [-0.05, 0) is 66.7 Å². The minimum Gasteiger partial charge on any atom is -0.493 e. The summed E-state index contributed by atoms with van der Waals surface area (Å²) < 4.78 is 10.6. The van der Waals surface area contributed by atoms with E-state index in [-0.39, 0.29) is 11.3 Å². The average molecular weight is 539 g/mol. The predicted octanol–water partition coefficient (Wildman–Crippen LogP) is 6.30. The minimum atomic E-state index is -0.320. The molecule has 0 radical (unpaired) electrons. The van der Waals surface area contributed by atoms with Gasteiger partial charge in [-0.25, -0.2) is 9.97 Å². The summed E-state index contributed by atoms with van der Waals surface area (Å²) in [4.78, 5) is 37.0. The van der Waals surface area contributed by atoms with Crippen molar-refractivity contribution in [3.63, 3.8) is 0 Å². The summed E-state index contributed by atoms with van der Waals surface area (Å²) in [5.74, 6) is 1.23. The number of carbonyl (C=O) groups excluding carboxylic acids is 1. The van der Waals surface area contributed by atoms with Crippen molar-refractivity contribution in [1.82, 2.24) is 15.0 Å². The molecule has 0 saturated heterocycles. The number of halogens is 1. The average Bonchev–Trinajstić information content (AvgIpc) is 2.96. The number of methoxy groups -OCH3 is 2. The Bertz CT molecular complexity index is 1750. The zero-order valence-corrected chi connectivity index (χ0v) is 21.8. The lowest BCUT2D eigenvalue weighted by Gasteiger charge is -2.09. The van der Waals surface area contributed by atoms with E-state index in [1.54, 1.807) is 67.9 Å². The van der Waals surface area contributed by atoms with Gasteiger partial charge in [0.25, 0.3) is 5.56 Å². The maximum Gasteiger partial charge on any atom is 0.255 e. The summed E-state index contributed by atoms with van der Waals surface area (Å²) in [6, 6.07) is 21.3. The summed E-state index contributed by atoms with van der Waals surface area (Å²) >= 11 is 5.97. The van der Waals surface area contributed by atoms with Crippen LogP contribution in [0.15, 0.2) is 89.9 Å². The second-order valence-corrected chi connectivity index (χ2v) is 8.96. The molecular formula is C30H23ClN4O4. The van der Waals surface area contributed by atoms with Gasteiger partial charge in [0, 0.05) is 45.0 Å². The standard InChI is InChI=1S/C30H23ClN4O4/c1-38-27-16-21-15-20(29(37)34-25(21)17-28(27)39-2)7-12-26(36)19-5-10-23(11-6-19)33-30-32-14-13-24(35-30)18-3-8-22(31)9-4-18/h3-17H,1-2H3,(H,34,37)(H,32,33,35)/b12-7+. The van der Waals surface area contributed by atoms with Crippen LogP contribution in [0.2, 0.25) is 5.02 Å². The van der Waals surface area contributed by atoms with Crippen molar-refractivity contribution in [3.05, 3.63) is 112 Å². The lowest BCUT2D eigenvalue weighted by atomic mass is 10.1. The molecule has 0 bridgehead atoms. The Morgan fingerprint density at radius 2 is 1.67 bits per heavy atom. The number of H-pyrrole nitrogens is 1. The number of carbonyl (C=O) groups is 1. The maximum absolute atomic E-state index is 12.8. The Kier molecular flexibility index (Phi) is 7.38. The quantitative estimate of drug-likeness (QED) is 0.176. The van der Waals surface area contributed by atoms with Crippen LogP contribution >= 0.6 is 11.6 Å². The van der Waals surface area contributed by atoms with Gasteiger partial charge in [0.2, 0.25) is 5.95 Å². The molecule has 0 unspecified atom stereocenters. The Labute approximate surface area is 228 Å². The molecule has 8 nitrogen and oxygen atoms in total. The molecule has 0 fully saturated rings. The van der Waals surface area contributed by atoms with Gasteiger partial charge in [-0.15, -0.1) is 0 Å². The largest absolute Gasteiger partial charge is 0.493 e. The number of fused-ring (bicyclic) bond motifs is 1. The molecule has 194 valence electrons. The van der Waals surface area contributed by atoms with E-state index in [1.807, 2.05) is 18.2 Å². The number of anilines is 2. The van der Waals surface area contributed by atoms with Crippen LogP contribution in [0.4, 0.5) is 11.6 Å². The number of pyridine rings is 1. The van der Waals surface area contributed by atoms with Crippen LogP contribution in [0.25, 0.3) is 28.2 Å². The number of nitrogens with zero attached hydrogens (tertiary/aromatic N) is 2. The first kappa shape index (κ1) is 25.7. The Hall–Kier alpha value is -4.95. The van der Waals surface area contributed by atoms with Crippen molar-refractivity contribution in [3.8, 4) is 22.8 Å². The monoisotopic (exact) mass is 538 g/mol. The van der Waals surface area contributed by atoms with Gasteiger partial charge < -0.3 is 19.8 Å². The molecule has 0 spiro atoms. The van der Waals surface area contributed by atoms with Crippen LogP contribution in [0, 0.1) is 0 Å². The van der Waals surface area contributed by atoms with Gasteiger partial charge in [0.15, 0.2) is 17.3 Å². The minimum absolute atomic E-state index is 0.241. The van der Waals surface area contributed by atoms with Gasteiger partial charge in [0.05, 0.1) is 25.4 Å². The topological polar surface area (TPSA) is 106 Å². The van der Waals surface area contributed by atoms with Crippen molar-refractivity contribution in [2.24, 2.45) is 0 Å². The number of ether oxygens (including phenoxy) is 2. The van der Waals surface area contributed by atoms with Gasteiger partial charge >= 0.3 is 0 Å². The number of nitrogens with one attached hydrogen (secondary N) is 2. The molecule has 0 aliphatic carbocycles. The lowest BCUT2D eigenvalue weighted by molar-refractivity contribution is 0.104. The number of aromatic nitrogens is 3. The molecule has 2 N–H and O–H groups in total. The third kappa shape index (κ3) is 5.81. The molecule has 2 aromatic heterocycles. The molecule has 0 atom stereocenters. The van der Waals surface area contributed by atoms with Crippen LogP contribution < -0.4 is 20.3 Å². The molecular weight excluding hydrogens is 516 g/mol. The Balaban J connectivity index is 1.30. The molecule has 0 aliphatic heterocycles. The van der Waals surface area contributed by atoms with Gasteiger partial charge in [-0.3, -0.25) is 9.59 Å². The summed E-state index contributed by atoms with van der Waals surface area (Å²) in [5, 5.41) is 4.55. The van der Waals surface area contributed by atoms with Crippen molar-refractivity contribution in [2.45, 2.75) is 0 Å². The molecule has 0 amide bonds. The van der Waals surface area contributed by atoms with E-state index >= 15 is 0 Å². The van der Waals surface area contributed by atoms with Crippen LogP contribution in [-0.4, -0.2) is 35.0 Å². The van der Waals surface area contributed by atoms with Crippen molar-refractivity contribution >= 4 is 46.0 Å². The number of benzene rings is 3. The third-order valence-electron chi connectivity index (χ3n) is 6.01. The van der Waals surface area contributed by atoms with Crippen molar-refractivity contribution in [2.75, 3.05) is 19.5 Å². The fraction of sp³-hybridized carbons (Fsp3) is 0.0667. The zero-order valence-electron chi connectivity index (χ0n) is 21.1. The van der Waals surface area contributed by atoms with E-state index in [0.29, 0.717) is 39.1 Å². The number of hydrogen-bond donors (Lipinski definition) is 2. The Morgan fingerprint density at radius 1 is 0.949 bits per heavy atom. The summed E-state index contributed by atoms with van der Waals surface area (Å²) in [5.41, 5.74) is 3.49. The first-order chi connectivity index (χ1) is 18.9. The molecule has 0 aliphatic rings. The molecule has 39 heavy (non-hydrogen) atoms. The number of hydrogen-bond acceptors (Lipinski definition) is 7. The maximum atomic E-state index is 12.8. The number of rotatable bonds is 8. The van der Waals surface area contributed by atoms with E-state index in [0.717, 1.165) is 22.3 Å². The first-order valence-corrected chi connectivity index (χ1v) is 12.3. The number of allylic oxidation sites excluding steroid dienone is 1. The predicted molar refractivity (Wildman–Crippen MR) is 153 cm³/mol. The van der Waals surface area contributed by atoms with Crippen LogP contribution in [0.3, 0.4) is 0 Å². The van der Waals surface area contributed by atoms with Gasteiger partial charge in [-0.1, -0.05) is 23.7 Å². The highest BCUT2D eigenvalue weighted by atomic mass is 35.5. The van der Waals surface area contributed by atoms with Gasteiger partial charge in [-0.2, -0.15) is 0 Å². The van der Waals surface area contributed by atoms with Crippen molar-refractivity contribution < 1.29 is 14.3 Å². The first-order valence-electron chi connectivity index (χ1n) is 11.9. The summed E-state index contributed by atoms with van der Waals surface area (Å²) in [6.07, 6.45) is 4.54. The number of ketones is 1. The molecule has 3 aromatic carbocycles. The molecule has 9 heteroatoms. The lowest BCUT2D eigenvalue weighted by Crippen LogP contribution is -2.09. The summed E-state index contributed by atoms with van der Waals surface area (Å²) in [7, 11) is 3.07. The highest BCUT2D eigenvalue weighted by Crippen LogP contribution is 2.31. The molecule has 5 aromatic rings. The normalized spacial score (nSPS) is 11.1. The zero-order chi connectivity index (χ0) is 27.4. The number of aromatic amines is 1. The van der Waals surface area contributed by atoms with E-state index in [2.05, 4.69) is 20.3 Å². The van der Waals surface area contributed by atoms with E-state index in [1.165, 1.54) is 19.3 Å². The highest BCUT2D eigenvalue weighted by molar-refractivity contribution is 6.30. The van der Waals surface area contributed by atoms with E-state index < -0.39 is 0 Å². The van der Waals surface area contributed by atoms with E-state index in [4.69, 9.17) is 21.1 Å². The fourth-order valence-corrected chi connectivity index (χ4v) is 4.11. The fourth-order valence-electron chi connectivity index (χ4n) is 3.98. The van der Waals surface area contributed by atoms with E-state index in [9.17, 15) is 9.59 Å². The van der Waals surface area contributed by atoms with Gasteiger partial charge in [0.1, 0.15) is 0 Å². The smallest absolute Gasteiger partial charge is 0.255 e. The third-order valence-corrected chi connectivity index (χ3v) is 6.26. The molecule has 0 saturated carbocycles. The second-order valence-electron chi connectivity index (χ2n) is 8.52. The molecule has 2 heterocycles. The van der Waals surface area contributed by atoms with Crippen molar-refractivity contribution in [1.29, 1.82) is 0 Å². The molecule has 5 rings (SSSR count). The SMILES string of the molecule is COc1cc2cc(/C=C/C(=O)c3ccc(Nc4nccc(-c5ccc(Cl)cc5)n4)cc3)c(=O)[nH]c2cc1OC. The highest BCUT2D eigenvalue weighted by Gasteiger charge is 2.09. The summed E-state index contributed by atoms with van der Waals surface area (Å²) in [6.45, 7) is 0.